The molecule has 0 radical (unpaired) electrons. The van der Waals surface area contributed by atoms with E-state index in [1.807, 2.05) is 6.07 Å². The maximum Gasteiger partial charge on any atom is 0.177 e. The van der Waals surface area contributed by atoms with Gasteiger partial charge in [-0.3, -0.25) is 5.10 Å². The zero-order valence-corrected chi connectivity index (χ0v) is 17.2. The molecule has 9 heteroatoms. The van der Waals surface area contributed by atoms with Gasteiger partial charge in [0, 0.05) is 41.8 Å². The Kier molecular flexibility index (Phi) is 4.76. The summed E-state index contributed by atoms with van der Waals surface area (Å²) in [6.45, 7) is 3.91. The zero-order valence-electron chi connectivity index (χ0n) is 17.2. The van der Waals surface area contributed by atoms with E-state index in [0.717, 1.165) is 0 Å². The van der Waals surface area contributed by atoms with E-state index < -0.39 is 11.4 Å². The molecule has 0 amide bonds. The Bertz CT molecular complexity index is 1190. The molecule has 4 heterocycles. The number of allylic oxidation sites excluding steroid dienone is 1. The van der Waals surface area contributed by atoms with E-state index in [4.69, 9.17) is 16.1 Å². The van der Waals surface area contributed by atoms with Gasteiger partial charge in [0.05, 0.1) is 31.1 Å². The average Bonchev–Trinajstić information content (AvgIpc) is 3.43. The molecule has 2 aliphatic rings. The van der Waals surface area contributed by atoms with E-state index in [1.54, 1.807) is 23.1 Å². The highest BCUT2D eigenvalue weighted by Gasteiger charge is 2.38. The number of rotatable bonds is 3. The van der Waals surface area contributed by atoms with Gasteiger partial charge in [0.1, 0.15) is 11.6 Å². The minimum atomic E-state index is -1.41. The second-order valence-electron chi connectivity index (χ2n) is 8.11. The molecule has 0 spiro atoms. The second-order valence-corrected chi connectivity index (χ2v) is 8.11. The van der Waals surface area contributed by atoms with Crippen LogP contribution in [0.4, 0.5) is 10.2 Å². The van der Waals surface area contributed by atoms with Gasteiger partial charge in [-0.2, -0.15) is 14.9 Å². The van der Waals surface area contributed by atoms with E-state index >= 15 is 0 Å². The smallest absolute Gasteiger partial charge is 0.177 e. The number of aliphatic hydroxyl groups is 1. The summed E-state index contributed by atoms with van der Waals surface area (Å²) in [5.41, 5.74) is 0.0669. The molecule has 2 N–H and O–H groups in total. The minimum Gasteiger partial charge on any atom is -0.385 e. The lowest BCUT2D eigenvalue weighted by molar-refractivity contribution is 0.0181. The highest BCUT2D eigenvalue weighted by molar-refractivity contribution is 5.83. The number of nitrogens with zero attached hydrogens (tertiary/aromatic N) is 5. The van der Waals surface area contributed by atoms with Gasteiger partial charge >= 0.3 is 0 Å². The molecule has 1 aliphatic carbocycles. The van der Waals surface area contributed by atoms with Crippen molar-refractivity contribution in [2.45, 2.75) is 37.8 Å². The van der Waals surface area contributed by atoms with E-state index in [9.17, 15) is 9.50 Å². The fourth-order valence-corrected chi connectivity index (χ4v) is 4.42. The Morgan fingerprint density at radius 2 is 2.29 bits per heavy atom. The first-order chi connectivity index (χ1) is 15.0. The predicted octanol–water partition coefficient (Wildman–Crippen LogP) is 2.60. The Hall–Kier alpha value is -3.22. The molecule has 8 nitrogen and oxygen atoms in total. The van der Waals surface area contributed by atoms with Gasteiger partial charge in [-0.1, -0.05) is 5.92 Å². The number of aromatic nitrogens is 5. The summed E-state index contributed by atoms with van der Waals surface area (Å²) in [4.78, 5) is 7.01. The van der Waals surface area contributed by atoms with Crippen molar-refractivity contribution >= 4 is 16.9 Å². The maximum absolute atomic E-state index is 14.7. The van der Waals surface area contributed by atoms with Gasteiger partial charge < -0.3 is 14.7 Å². The number of fused-ring (bicyclic) bond motifs is 1. The van der Waals surface area contributed by atoms with Gasteiger partial charge in [0.2, 0.25) is 0 Å². The SMILES string of the molecule is C#CC1=C(F)CC(O)(c2cc(N3CCOC[C@H]3C)nc3c2cnn3-c2cc[nH]n2)CC1. The fourth-order valence-electron chi connectivity index (χ4n) is 4.42. The van der Waals surface area contributed by atoms with Crippen LogP contribution in [-0.4, -0.2) is 55.9 Å². The molecule has 3 aromatic rings. The van der Waals surface area contributed by atoms with Crippen LogP contribution in [0.2, 0.25) is 0 Å². The van der Waals surface area contributed by atoms with Crippen LogP contribution in [0.15, 0.2) is 35.9 Å². The Morgan fingerprint density at radius 1 is 1.42 bits per heavy atom. The van der Waals surface area contributed by atoms with E-state index in [0.29, 0.717) is 66.4 Å². The number of hydrogen-bond acceptors (Lipinski definition) is 6. The van der Waals surface area contributed by atoms with Gasteiger partial charge in [-0.15, -0.1) is 6.42 Å². The molecule has 1 saturated heterocycles. The Balaban J connectivity index is 1.70. The van der Waals surface area contributed by atoms with E-state index in [1.165, 1.54) is 0 Å². The first-order valence-corrected chi connectivity index (χ1v) is 10.3. The molecule has 3 aromatic heterocycles. The first kappa shape index (κ1) is 19.7. The molecule has 5 rings (SSSR count). The normalized spacial score (nSPS) is 24.6. The summed E-state index contributed by atoms with van der Waals surface area (Å²) in [6.07, 6.45) is 9.23. The fraction of sp³-hybridized carbons (Fsp3) is 0.409. The number of anilines is 1. The third-order valence-electron chi connectivity index (χ3n) is 6.13. The van der Waals surface area contributed by atoms with Gasteiger partial charge in [0.25, 0.3) is 0 Å². The number of ether oxygens (including phenoxy) is 1. The minimum absolute atomic E-state index is 0.110. The van der Waals surface area contributed by atoms with Crippen LogP contribution in [0.25, 0.3) is 16.9 Å². The lowest BCUT2D eigenvalue weighted by Crippen LogP contribution is -2.44. The van der Waals surface area contributed by atoms with Crippen molar-refractivity contribution in [2.75, 3.05) is 24.7 Å². The van der Waals surface area contributed by atoms with Crippen molar-refractivity contribution in [3.63, 3.8) is 0 Å². The summed E-state index contributed by atoms with van der Waals surface area (Å²) < 4.78 is 21.9. The number of halogens is 1. The third kappa shape index (κ3) is 3.28. The molecular formula is C22H23FN6O2. The monoisotopic (exact) mass is 422 g/mol. The number of terminal acetylenes is 1. The molecule has 1 unspecified atom stereocenters. The molecule has 0 saturated carbocycles. The first-order valence-electron chi connectivity index (χ1n) is 10.3. The summed E-state index contributed by atoms with van der Waals surface area (Å²) in [7, 11) is 0. The van der Waals surface area contributed by atoms with Crippen LogP contribution in [0.3, 0.4) is 0 Å². The van der Waals surface area contributed by atoms with Crippen LogP contribution >= 0.6 is 0 Å². The van der Waals surface area contributed by atoms with Crippen LogP contribution in [0.1, 0.15) is 31.7 Å². The number of pyridine rings is 1. The topological polar surface area (TPSA) is 92.1 Å². The number of H-pyrrole nitrogens is 1. The number of aromatic amines is 1. The van der Waals surface area contributed by atoms with Crippen LogP contribution < -0.4 is 4.90 Å². The molecule has 0 bridgehead atoms. The Morgan fingerprint density at radius 3 is 3.00 bits per heavy atom. The van der Waals surface area contributed by atoms with Crippen LogP contribution in [0, 0.1) is 12.3 Å². The molecule has 2 atom stereocenters. The predicted molar refractivity (Wildman–Crippen MR) is 113 cm³/mol. The maximum atomic E-state index is 14.7. The second kappa shape index (κ2) is 7.48. The van der Waals surface area contributed by atoms with Gasteiger partial charge in [0.15, 0.2) is 11.5 Å². The van der Waals surface area contributed by atoms with Crippen molar-refractivity contribution in [1.29, 1.82) is 0 Å². The number of hydrogen-bond donors (Lipinski definition) is 2. The van der Waals surface area contributed by atoms with Crippen molar-refractivity contribution in [3.05, 3.63) is 41.5 Å². The number of nitrogens with one attached hydrogen (secondary N) is 1. The molecule has 1 aliphatic heterocycles. The quantitative estimate of drug-likeness (QED) is 0.631. The molecular weight excluding hydrogens is 399 g/mol. The van der Waals surface area contributed by atoms with Crippen molar-refractivity contribution < 1.29 is 14.2 Å². The third-order valence-corrected chi connectivity index (χ3v) is 6.13. The zero-order chi connectivity index (χ0) is 21.6. The highest BCUT2D eigenvalue weighted by Crippen LogP contribution is 2.44. The molecule has 1 fully saturated rings. The van der Waals surface area contributed by atoms with E-state index in [2.05, 4.69) is 33.0 Å². The van der Waals surface area contributed by atoms with Crippen molar-refractivity contribution in [2.24, 2.45) is 0 Å². The van der Waals surface area contributed by atoms with Gasteiger partial charge in [-0.25, -0.2) is 9.37 Å². The number of morpholine rings is 1. The van der Waals surface area contributed by atoms with Crippen molar-refractivity contribution in [1.82, 2.24) is 25.0 Å². The summed E-state index contributed by atoms with van der Waals surface area (Å²) in [5.74, 6) is 3.23. The van der Waals surface area contributed by atoms with Crippen LogP contribution in [0.5, 0.6) is 0 Å². The summed E-state index contributed by atoms with van der Waals surface area (Å²) in [5, 5.41) is 23.7. The average molecular weight is 422 g/mol. The summed E-state index contributed by atoms with van der Waals surface area (Å²) in [6, 6.07) is 3.75. The lowest BCUT2D eigenvalue weighted by Gasteiger charge is -2.36. The highest BCUT2D eigenvalue weighted by atomic mass is 19.1. The molecule has 31 heavy (non-hydrogen) atoms. The molecule has 160 valence electrons. The van der Waals surface area contributed by atoms with Crippen LogP contribution in [-0.2, 0) is 10.3 Å². The van der Waals surface area contributed by atoms with Gasteiger partial charge in [-0.05, 0) is 25.8 Å². The summed E-state index contributed by atoms with van der Waals surface area (Å²) >= 11 is 0. The molecule has 0 aromatic carbocycles. The largest absolute Gasteiger partial charge is 0.385 e. The van der Waals surface area contributed by atoms with Crippen molar-refractivity contribution in [3.8, 4) is 18.2 Å². The lowest BCUT2D eigenvalue weighted by atomic mass is 9.79. The standard InChI is InChI=1S/C22H23FN6O2/c1-3-15-4-6-22(30,11-18(15)23)17-10-20(28-8-9-31-13-14(28)2)26-21-16(17)12-25-29(21)19-5-7-24-27-19/h1,5,7,10,12,14,30H,4,6,8-9,11,13H2,2H3,(H,24,27)/t14-,22?/m1/s1. The van der Waals surface area contributed by atoms with E-state index in [-0.39, 0.29) is 12.5 Å². The Labute approximate surface area is 178 Å².